The van der Waals surface area contributed by atoms with E-state index in [9.17, 15) is 4.79 Å². The fourth-order valence-electron chi connectivity index (χ4n) is 4.11. The highest BCUT2D eigenvalue weighted by Crippen LogP contribution is 2.31. The van der Waals surface area contributed by atoms with Crippen molar-refractivity contribution in [1.82, 2.24) is 4.90 Å². The third-order valence-corrected chi connectivity index (χ3v) is 6.10. The normalized spacial score (nSPS) is 19.6. The first-order valence-electron chi connectivity index (χ1n) is 11.1. The number of para-hydroxylation sites is 1. The van der Waals surface area contributed by atoms with E-state index in [0.29, 0.717) is 18.7 Å². The van der Waals surface area contributed by atoms with Crippen molar-refractivity contribution in [3.63, 3.8) is 0 Å². The number of likely N-dealkylation sites (N-methyl/N-ethyl adjacent to an activating group) is 1. The van der Waals surface area contributed by atoms with Crippen molar-refractivity contribution in [3.05, 3.63) is 66.9 Å². The number of hydrogen-bond acceptors (Lipinski definition) is 4. The number of allylic oxidation sites excluding steroid dienone is 1. The molecule has 5 heteroatoms. The summed E-state index contributed by atoms with van der Waals surface area (Å²) in [6.07, 6.45) is 2.28. The molecular weight excluding hydrogens is 386 g/mol. The van der Waals surface area contributed by atoms with Crippen molar-refractivity contribution in [2.45, 2.75) is 51.7 Å². The maximum Gasteiger partial charge on any atom is 0.268 e. The minimum Gasteiger partial charge on any atom is -0.481 e. The van der Waals surface area contributed by atoms with Crippen LogP contribution >= 0.6 is 0 Å². The Kier molecular flexibility index (Phi) is 7.39. The van der Waals surface area contributed by atoms with Crippen LogP contribution in [-0.2, 0) is 4.79 Å². The topological polar surface area (TPSA) is 44.8 Å². The SMILES string of the molecule is C=C(C)Nc1ccc(N(C[C@]2(C)CCCN2C)C(=O)C(CC)Oc2ccccc2)cc1. The summed E-state index contributed by atoms with van der Waals surface area (Å²) in [5.41, 5.74) is 2.66. The van der Waals surface area contributed by atoms with E-state index >= 15 is 0 Å². The molecule has 0 aliphatic carbocycles. The number of carbonyl (C=O) groups is 1. The Morgan fingerprint density at radius 1 is 1.23 bits per heavy atom. The van der Waals surface area contributed by atoms with Gasteiger partial charge in [-0.05, 0) is 83.1 Å². The lowest BCUT2D eigenvalue weighted by molar-refractivity contribution is -0.125. The molecule has 3 rings (SSSR count). The number of hydrogen-bond donors (Lipinski definition) is 1. The molecule has 0 saturated carbocycles. The van der Waals surface area contributed by atoms with E-state index in [1.54, 1.807) is 0 Å². The molecule has 2 aromatic rings. The third-order valence-electron chi connectivity index (χ3n) is 6.10. The minimum atomic E-state index is -0.536. The molecule has 2 aromatic carbocycles. The van der Waals surface area contributed by atoms with Crippen LogP contribution in [0, 0.1) is 0 Å². The summed E-state index contributed by atoms with van der Waals surface area (Å²) in [6.45, 7) is 11.7. The molecule has 0 bridgehead atoms. The Labute approximate surface area is 186 Å². The zero-order valence-corrected chi connectivity index (χ0v) is 19.2. The van der Waals surface area contributed by atoms with Crippen molar-refractivity contribution in [1.29, 1.82) is 0 Å². The molecule has 1 fully saturated rings. The number of anilines is 2. The number of nitrogens with zero attached hydrogens (tertiary/aromatic N) is 2. The van der Waals surface area contributed by atoms with Gasteiger partial charge in [-0.3, -0.25) is 9.69 Å². The Hall–Kier alpha value is -2.79. The first kappa shape index (κ1) is 22.9. The second-order valence-electron chi connectivity index (χ2n) is 8.73. The standard InChI is InChI=1S/C26H35N3O2/c1-6-24(31-23-11-8-7-9-12-23)25(30)29(19-26(4)17-10-18-28(26)5)22-15-13-21(14-16-22)27-20(2)3/h7-9,11-16,24,27H,2,6,10,17-19H2,1,3-5H3/t24?,26-/m0/s1. The molecule has 1 heterocycles. The van der Waals surface area contributed by atoms with Gasteiger partial charge in [0.05, 0.1) is 0 Å². The summed E-state index contributed by atoms with van der Waals surface area (Å²) < 4.78 is 6.10. The Morgan fingerprint density at radius 2 is 1.90 bits per heavy atom. The molecule has 1 aliphatic heterocycles. The van der Waals surface area contributed by atoms with Crippen LogP contribution in [0.15, 0.2) is 66.9 Å². The van der Waals surface area contributed by atoms with E-state index in [4.69, 9.17) is 4.74 Å². The van der Waals surface area contributed by atoms with Crippen LogP contribution in [0.3, 0.4) is 0 Å². The molecular formula is C26H35N3O2. The summed E-state index contributed by atoms with van der Waals surface area (Å²) in [6, 6.07) is 17.5. The summed E-state index contributed by atoms with van der Waals surface area (Å²) in [7, 11) is 2.15. The Morgan fingerprint density at radius 3 is 2.45 bits per heavy atom. The molecule has 1 unspecified atom stereocenters. The average Bonchev–Trinajstić information content (AvgIpc) is 3.09. The number of amides is 1. The molecule has 166 valence electrons. The van der Waals surface area contributed by atoms with E-state index in [1.807, 2.05) is 73.3 Å². The number of ether oxygens (including phenoxy) is 1. The van der Waals surface area contributed by atoms with Crippen LogP contribution in [-0.4, -0.2) is 42.6 Å². The van der Waals surface area contributed by atoms with Crippen LogP contribution in [0.2, 0.25) is 0 Å². The molecule has 31 heavy (non-hydrogen) atoms. The highest BCUT2D eigenvalue weighted by atomic mass is 16.5. The van der Waals surface area contributed by atoms with E-state index in [-0.39, 0.29) is 11.4 Å². The molecule has 0 aromatic heterocycles. The molecule has 2 atom stereocenters. The quantitative estimate of drug-likeness (QED) is 0.596. The number of rotatable bonds is 9. The van der Waals surface area contributed by atoms with Gasteiger partial charge < -0.3 is 15.0 Å². The van der Waals surface area contributed by atoms with Gasteiger partial charge >= 0.3 is 0 Å². The average molecular weight is 422 g/mol. The number of likely N-dealkylation sites (tertiary alicyclic amines) is 1. The molecule has 1 N–H and O–H groups in total. The summed E-state index contributed by atoms with van der Waals surface area (Å²) in [4.78, 5) is 18.0. The molecule has 1 amide bonds. The van der Waals surface area contributed by atoms with Crippen molar-refractivity contribution < 1.29 is 9.53 Å². The second-order valence-corrected chi connectivity index (χ2v) is 8.73. The van der Waals surface area contributed by atoms with Crippen molar-refractivity contribution in [3.8, 4) is 5.75 Å². The van der Waals surface area contributed by atoms with Gasteiger partial charge in [0.25, 0.3) is 5.91 Å². The Bertz CT molecular complexity index is 881. The summed E-state index contributed by atoms with van der Waals surface area (Å²) in [5.74, 6) is 0.710. The molecule has 0 radical (unpaired) electrons. The maximum atomic E-state index is 13.7. The van der Waals surface area contributed by atoms with Crippen LogP contribution in [0.5, 0.6) is 5.75 Å². The highest BCUT2D eigenvalue weighted by molar-refractivity contribution is 5.97. The van der Waals surface area contributed by atoms with E-state index in [0.717, 1.165) is 36.5 Å². The van der Waals surface area contributed by atoms with E-state index < -0.39 is 6.10 Å². The predicted molar refractivity (Wildman–Crippen MR) is 129 cm³/mol. The molecule has 1 saturated heterocycles. The minimum absolute atomic E-state index is 0.00603. The van der Waals surface area contributed by atoms with Gasteiger partial charge in [0.15, 0.2) is 6.10 Å². The first-order chi connectivity index (χ1) is 14.8. The van der Waals surface area contributed by atoms with Gasteiger partial charge in [-0.15, -0.1) is 0 Å². The van der Waals surface area contributed by atoms with Gasteiger partial charge in [0, 0.05) is 29.2 Å². The monoisotopic (exact) mass is 421 g/mol. The first-order valence-corrected chi connectivity index (χ1v) is 11.1. The van der Waals surface area contributed by atoms with Gasteiger partial charge in [0.2, 0.25) is 0 Å². The van der Waals surface area contributed by atoms with Gasteiger partial charge in [-0.1, -0.05) is 31.7 Å². The number of carbonyl (C=O) groups excluding carboxylic acids is 1. The third kappa shape index (κ3) is 5.67. The molecule has 1 aliphatic rings. The fraction of sp³-hybridized carbons (Fsp3) is 0.423. The smallest absolute Gasteiger partial charge is 0.268 e. The van der Waals surface area contributed by atoms with Gasteiger partial charge in [-0.2, -0.15) is 0 Å². The molecule has 0 spiro atoms. The van der Waals surface area contributed by atoms with Crippen molar-refractivity contribution in [2.24, 2.45) is 0 Å². The second kappa shape index (κ2) is 10.0. The lowest BCUT2D eigenvalue weighted by Crippen LogP contribution is -2.53. The fourth-order valence-corrected chi connectivity index (χ4v) is 4.11. The van der Waals surface area contributed by atoms with E-state index in [2.05, 4.69) is 30.8 Å². The van der Waals surface area contributed by atoms with Gasteiger partial charge in [0.1, 0.15) is 5.75 Å². The van der Waals surface area contributed by atoms with Crippen LogP contribution in [0.4, 0.5) is 11.4 Å². The molecule has 5 nitrogen and oxygen atoms in total. The van der Waals surface area contributed by atoms with Crippen LogP contribution < -0.4 is 15.0 Å². The number of benzene rings is 2. The van der Waals surface area contributed by atoms with Crippen LogP contribution in [0.25, 0.3) is 0 Å². The predicted octanol–water partition coefficient (Wildman–Crippen LogP) is 5.31. The summed E-state index contributed by atoms with van der Waals surface area (Å²) >= 11 is 0. The van der Waals surface area contributed by atoms with Crippen LogP contribution in [0.1, 0.15) is 40.0 Å². The van der Waals surface area contributed by atoms with Crippen molar-refractivity contribution >= 4 is 17.3 Å². The van der Waals surface area contributed by atoms with E-state index in [1.165, 1.54) is 0 Å². The largest absolute Gasteiger partial charge is 0.481 e. The van der Waals surface area contributed by atoms with Crippen molar-refractivity contribution in [2.75, 3.05) is 30.4 Å². The maximum absolute atomic E-state index is 13.7. The zero-order valence-electron chi connectivity index (χ0n) is 19.2. The summed E-state index contributed by atoms with van der Waals surface area (Å²) in [5, 5.41) is 3.22. The zero-order chi connectivity index (χ0) is 22.4. The lowest BCUT2D eigenvalue weighted by Gasteiger charge is -2.38. The Balaban J connectivity index is 1.88. The lowest BCUT2D eigenvalue weighted by atomic mass is 9.97. The number of nitrogens with one attached hydrogen (secondary N) is 1. The van der Waals surface area contributed by atoms with Gasteiger partial charge in [-0.25, -0.2) is 0 Å². The highest BCUT2D eigenvalue weighted by Gasteiger charge is 2.38.